The summed E-state index contributed by atoms with van der Waals surface area (Å²) in [6.45, 7) is 8.28. The highest BCUT2D eigenvalue weighted by Crippen LogP contribution is 2.28. The summed E-state index contributed by atoms with van der Waals surface area (Å²) in [5.41, 5.74) is 0. The number of aliphatic carboxylic acids is 1. The Kier molecular flexibility index (Phi) is 4.02. The number of amides is 2. The predicted molar refractivity (Wildman–Crippen MR) is 71.8 cm³/mol. The molecule has 2 fully saturated rings. The van der Waals surface area contributed by atoms with Crippen LogP contribution in [0.5, 0.6) is 0 Å². The van der Waals surface area contributed by atoms with Crippen LogP contribution in [0.25, 0.3) is 0 Å². The fraction of sp³-hybridized carbons (Fsp3) is 0.857. The average Bonchev–Trinajstić information content (AvgIpc) is 2.68. The zero-order chi connectivity index (χ0) is 14.2. The molecule has 0 spiro atoms. The van der Waals surface area contributed by atoms with E-state index in [1.807, 2.05) is 11.8 Å². The molecule has 4 unspecified atom stereocenters. The van der Waals surface area contributed by atoms with Gasteiger partial charge in [-0.25, -0.2) is 9.59 Å². The van der Waals surface area contributed by atoms with Crippen molar-refractivity contribution in [1.29, 1.82) is 0 Å². The Morgan fingerprint density at radius 2 is 1.63 bits per heavy atom. The molecule has 2 rings (SSSR count). The summed E-state index contributed by atoms with van der Waals surface area (Å²) in [6, 6.07) is -0.748. The Morgan fingerprint density at radius 3 is 2.16 bits per heavy atom. The van der Waals surface area contributed by atoms with Crippen molar-refractivity contribution in [2.24, 2.45) is 17.8 Å². The van der Waals surface area contributed by atoms with Crippen molar-refractivity contribution in [3.63, 3.8) is 0 Å². The van der Waals surface area contributed by atoms with Gasteiger partial charge in [0.25, 0.3) is 0 Å². The third kappa shape index (κ3) is 2.69. The van der Waals surface area contributed by atoms with Gasteiger partial charge in [0, 0.05) is 19.6 Å². The SMILES string of the molecule is CC1CN(C(=O)N2CCCC(C)C2C(=O)O)CC1C. The maximum absolute atomic E-state index is 12.5. The Morgan fingerprint density at radius 1 is 1.05 bits per heavy atom. The first-order valence-corrected chi connectivity index (χ1v) is 7.20. The number of hydrogen-bond donors (Lipinski definition) is 1. The molecule has 108 valence electrons. The minimum atomic E-state index is -0.874. The third-order valence-corrected chi connectivity index (χ3v) is 4.69. The van der Waals surface area contributed by atoms with Crippen molar-refractivity contribution in [2.45, 2.75) is 39.7 Å². The number of carboxylic acid groups (broad SMARTS) is 1. The van der Waals surface area contributed by atoms with Gasteiger partial charge in [0.2, 0.25) is 0 Å². The number of likely N-dealkylation sites (tertiary alicyclic amines) is 2. The second kappa shape index (κ2) is 5.39. The molecule has 2 aliphatic heterocycles. The summed E-state index contributed by atoms with van der Waals surface area (Å²) in [4.78, 5) is 27.3. The van der Waals surface area contributed by atoms with Crippen molar-refractivity contribution >= 4 is 12.0 Å². The van der Waals surface area contributed by atoms with Crippen LogP contribution in [0.4, 0.5) is 4.79 Å². The fourth-order valence-electron chi connectivity index (χ4n) is 3.25. The number of carboxylic acids is 1. The molecular formula is C14H24N2O3. The summed E-state index contributed by atoms with van der Waals surface area (Å²) in [5.74, 6) is 0.150. The Bertz CT molecular complexity index is 362. The lowest BCUT2D eigenvalue weighted by Crippen LogP contribution is -2.55. The average molecular weight is 268 g/mol. The standard InChI is InChI=1S/C14H24N2O3/c1-9-5-4-6-16(12(9)13(17)18)14(19)15-7-10(2)11(3)8-15/h9-12H,4-8H2,1-3H3,(H,17,18). The van der Waals surface area contributed by atoms with Gasteiger partial charge in [-0.3, -0.25) is 0 Å². The zero-order valence-corrected chi connectivity index (χ0v) is 12.0. The summed E-state index contributed by atoms with van der Waals surface area (Å²) in [6.07, 6.45) is 1.78. The van der Waals surface area contributed by atoms with Crippen LogP contribution in [0.15, 0.2) is 0 Å². The van der Waals surface area contributed by atoms with E-state index in [-0.39, 0.29) is 11.9 Å². The van der Waals surface area contributed by atoms with E-state index in [0.29, 0.717) is 18.4 Å². The number of hydrogen-bond acceptors (Lipinski definition) is 2. The van der Waals surface area contributed by atoms with Crippen LogP contribution in [0.1, 0.15) is 33.6 Å². The fourth-order valence-corrected chi connectivity index (χ4v) is 3.25. The van der Waals surface area contributed by atoms with Gasteiger partial charge in [-0.15, -0.1) is 0 Å². The number of carbonyl (C=O) groups excluding carboxylic acids is 1. The molecule has 2 aliphatic rings. The van der Waals surface area contributed by atoms with Crippen molar-refractivity contribution < 1.29 is 14.7 Å². The largest absolute Gasteiger partial charge is 0.480 e. The van der Waals surface area contributed by atoms with Crippen LogP contribution in [0.2, 0.25) is 0 Å². The summed E-state index contributed by atoms with van der Waals surface area (Å²) >= 11 is 0. The van der Waals surface area contributed by atoms with Crippen molar-refractivity contribution in [3.8, 4) is 0 Å². The molecule has 2 saturated heterocycles. The molecule has 5 heteroatoms. The van der Waals surface area contributed by atoms with E-state index in [4.69, 9.17) is 0 Å². The molecular weight excluding hydrogens is 244 g/mol. The Balaban J connectivity index is 2.10. The topological polar surface area (TPSA) is 60.9 Å². The summed E-state index contributed by atoms with van der Waals surface area (Å²) in [5, 5.41) is 9.36. The molecule has 4 atom stereocenters. The van der Waals surface area contributed by atoms with Gasteiger partial charge in [0.1, 0.15) is 6.04 Å². The smallest absolute Gasteiger partial charge is 0.326 e. The number of piperidine rings is 1. The minimum absolute atomic E-state index is 0.0349. The first-order chi connectivity index (χ1) is 8.91. The molecule has 5 nitrogen and oxygen atoms in total. The molecule has 2 heterocycles. The highest BCUT2D eigenvalue weighted by Gasteiger charge is 2.40. The lowest BCUT2D eigenvalue weighted by molar-refractivity contribution is -0.145. The number of carbonyl (C=O) groups is 2. The van der Waals surface area contributed by atoms with Gasteiger partial charge in [0.05, 0.1) is 0 Å². The monoisotopic (exact) mass is 268 g/mol. The quantitative estimate of drug-likeness (QED) is 0.790. The third-order valence-electron chi connectivity index (χ3n) is 4.69. The van der Waals surface area contributed by atoms with E-state index < -0.39 is 12.0 Å². The lowest BCUT2D eigenvalue weighted by atomic mass is 9.91. The van der Waals surface area contributed by atoms with Crippen LogP contribution < -0.4 is 0 Å². The number of urea groups is 1. The molecule has 0 aromatic rings. The molecule has 0 radical (unpaired) electrons. The van der Waals surface area contributed by atoms with Gasteiger partial charge >= 0.3 is 12.0 Å². The van der Waals surface area contributed by atoms with E-state index in [1.165, 1.54) is 0 Å². The number of nitrogens with zero attached hydrogens (tertiary/aromatic N) is 2. The van der Waals surface area contributed by atoms with E-state index in [9.17, 15) is 14.7 Å². The normalized spacial score (nSPS) is 35.5. The molecule has 2 amide bonds. The van der Waals surface area contributed by atoms with Gasteiger partial charge < -0.3 is 14.9 Å². The first-order valence-electron chi connectivity index (χ1n) is 7.20. The highest BCUT2D eigenvalue weighted by atomic mass is 16.4. The van der Waals surface area contributed by atoms with Gasteiger partial charge in [-0.1, -0.05) is 20.8 Å². The summed E-state index contributed by atoms with van der Waals surface area (Å²) < 4.78 is 0. The predicted octanol–water partition coefficient (Wildman–Crippen LogP) is 1.88. The maximum atomic E-state index is 12.5. The second-order valence-corrected chi connectivity index (χ2v) is 6.24. The Hall–Kier alpha value is -1.26. The van der Waals surface area contributed by atoms with Crippen molar-refractivity contribution in [1.82, 2.24) is 9.80 Å². The molecule has 19 heavy (non-hydrogen) atoms. The van der Waals surface area contributed by atoms with Crippen molar-refractivity contribution in [3.05, 3.63) is 0 Å². The van der Waals surface area contributed by atoms with E-state index in [1.54, 1.807) is 4.90 Å². The zero-order valence-electron chi connectivity index (χ0n) is 12.0. The lowest BCUT2D eigenvalue weighted by Gasteiger charge is -2.39. The van der Waals surface area contributed by atoms with Crippen LogP contribution >= 0.6 is 0 Å². The van der Waals surface area contributed by atoms with E-state index in [2.05, 4.69) is 13.8 Å². The Labute approximate surface area is 114 Å². The molecule has 0 saturated carbocycles. The number of rotatable bonds is 1. The second-order valence-electron chi connectivity index (χ2n) is 6.24. The molecule has 0 bridgehead atoms. The van der Waals surface area contributed by atoms with Gasteiger partial charge in [0.15, 0.2) is 0 Å². The van der Waals surface area contributed by atoms with Gasteiger partial charge in [-0.2, -0.15) is 0 Å². The molecule has 1 N–H and O–H groups in total. The first kappa shape index (κ1) is 14.2. The van der Waals surface area contributed by atoms with E-state index >= 15 is 0 Å². The molecule has 0 aromatic carbocycles. The van der Waals surface area contributed by atoms with Gasteiger partial charge in [-0.05, 0) is 30.6 Å². The summed E-state index contributed by atoms with van der Waals surface area (Å²) in [7, 11) is 0. The minimum Gasteiger partial charge on any atom is -0.480 e. The van der Waals surface area contributed by atoms with Crippen LogP contribution in [0.3, 0.4) is 0 Å². The van der Waals surface area contributed by atoms with Crippen LogP contribution in [0, 0.1) is 17.8 Å². The van der Waals surface area contributed by atoms with Crippen LogP contribution in [-0.4, -0.2) is 52.6 Å². The highest BCUT2D eigenvalue weighted by molar-refractivity contribution is 5.83. The molecule has 0 aliphatic carbocycles. The van der Waals surface area contributed by atoms with Crippen LogP contribution in [-0.2, 0) is 4.79 Å². The maximum Gasteiger partial charge on any atom is 0.326 e. The molecule has 0 aromatic heterocycles. The van der Waals surface area contributed by atoms with Crippen molar-refractivity contribution in [2.75, 3.05) is 19.6 Å². The van der Waals surface area contributed by atoms with E-state index in [0.717, 1.165) is 25.9 Å².